The van der Waals surface area contributed by atoms with E-state index in [1.165, 1.54) is 9.87 Å². The Morgan fingerprint density at radius 1 is 1.06 bits per heavy atom. The molecule has 0 fully saturated rings. The van der Waals surface area contributed by atoms with Crippen LogP contribution in [0.2, 0.25) is 0 Å². The van der Waals surface area contributed by atoms with Crippen molar-refractivity contribution in [2.75, 3.05) is 31.0 Å². The number of amides is 1. The number of anilines is 1. The third kappa shape index (κ3) is 5.71. The minimum Gasteiger partial charge on any atom is -0.336 e. The maximum Gasteiger partial charge on any atom is 0.264 e. The van der Waals surface area contributed by atoms with Crippen LogP contribution >= 0.6 is 0 Å². The molecule has 0 radical (unpaired) electrons. The molecular weight excluding hydrogens is 460 g/mol. The standard InChI is InChI=1S/C27H32N4O3S/c1-4-30(19-24-7-5-6-15-28-24)27(32)20-31(25-11-8-21(2)9-12-25)35(33,34)26-13-10-22-14-16-29(3)18-23(22)17-26/h5-13,15,17H,4,14,16,18-20H2,1-3H3. The van der Waals surface area contributed by atoms with Crippen LogP contribution < -0.4 is 4.31 Å². The summed E-state index contributed by atoms with van der Waals surface area (Å²) in [7, 11) is -1.95. The monoisotopic (exact) mass is 492 g/mol. The number of rotatable bonds is 8. The van der Waals surface area contributed by atoms with Crippen LogP contribution in [-0.2, 0) is 34.3 Å². The van der Waals surface area contributed by atoms with Crippen LogP contribution in [0.4, 0.5) is 5.69 Å². The highest BCUT2D eigenvalue weighted by molar-refractivity contribution is 7.92. The van der Waals surface area contributed by atoms with Crippen molar-refractivity contribution in [1.82, 2.24) is 14.8 Å². The molecule has 0 N–H and O–H groups in total. The van der Waals surface area contributed by atoms with E-state index in [1.807, 2.05) is 57.3 Å². The summed E-state index contributed by atoms with van der Waals surface area (Å²) in [6.07, 6.45) is 2.58. The third-order valence-corrected chi connectivity index (χ3v) is 8.15. The Hall–Kier alpha value is -3.23. The molecule has 2 aromatic carbocycles. The molecule has 184 valence electrons. The number of hydrogen-bond acceptors (Lipinski definition) is 5. The van der Waals surface area contributed by atoms with E-state index in [0.29, 0.717) is 25.3 Å². The molecule has 2 heterocycles. The molecule has 0 bridgehead atoms. The Kier molecular flexibility index (Phi) is 7.52. The van der Waals surface area contributed by atoms with E-state index in [0.717, 1.165) is 29.8 Å². The van der Waals surface area contributed by atoms with Crippen LogP contribution in [0.25, 0.3) is 0 Å². The number of carbonyl (C=O) groups is 1. The lowest BCUT2D eigenvalue weighted by molar-refractivity contribution is -0.130. The third-order valence-electron chi connectivity index (χ3n) is 6.38. The number of likely N-dealkylation sites (N-methyl/N-ethyl adjacent to an activating group) is 2. The summed E-state index contributed by atoms with van der Waals surface area (Å²) < 4.78 is 29.1. The van der Waals surface area contributed by atoms with Gasteiger partial charge in [-0.3, -0.25) is 14.1 Å². The summed E-state index contributed by atoms with van der Waals surface area (Å²) in [6.45, 7) is 5.96. The number of benzene rings is 2. The van der Waals surface area contributed by atoms with Crippen molar-refractivity contribution < 1.29 is 13.2 Å². The number of carbonyl (C=O) groups excluding carboxylic acids is 1. The molecule has 0 saturated carbocycles. The average molecular weight is 493 g/mol. The molecule has 8 heteroatoms. The topological polar surface area (TPSA) is 73.8 Å². The van der Waals surface area contributed by atoms with E-state index in [2.05, 4.69) is 9.88 Å². The molecule has 0 atom stereocenters. The van der Waals surface area contributed by atoms with Gasteiger partial charge < -0.3 is 9.80 Å². The molecule has 1 aromatic heterocycles. The second-order valence-electron chi connectivity index (χ2n) is 8.99. The van der Waals surface area contributed by atoms with Crippen molar-refractivity contribution in [3.63, 3.8) is 0 Å². The molecule has 0 unspecified atom stereocenters. The fourth-order valence-corrected chi connectivity index (χ4v) is 5.74. The van der Waals surface area contributed by atoms with Crippen molar-refractivity contribution in [2.24, 2.45) is 0 Å². The molecular formula is C27H32N4O3S. The lowest BCUT2D eigenvalue weighted by Crippen LogP contribution is -2.43. The van der Waals surface area contributed by atoms with Gasteiger partial charge in [-0.1, -0.05) is 29.8 Å². The Morgan fingerprint density at radius 2 is 1.83 bits per heavy atom. The van der Waals surface area contributed by atoms with Gasteiger partial charge in [0.25, 0.3) is 10.0 Å². The fraction of sp³-hybridized carbons (Fsp3) is 0.333. The molecule has 1 amide bonds. The number of aromatic nitrogens is 1. The quantitative estimate of drug-likeness (QED) is 0.480. The van der Waals surface area contributed by atoms with Crippen molar-refractivity contribution in [3.8, 4) is 0 Å². The molecule has 1 aliphatic heterocycles. The van der Waals surface area contributed by atoms with Crippen LogP contribution in [-0.4, -0.2) is 55.8 Å². The van der Waals surface area contributed by atoms with Gasteiger partial charge in [0.05, 0.1) is 22.8 Å². The minimum absolute atomic E-state index is 0.202. The maximum atomic E-state index is 13.9. The zero-order valence-corrected chi connectivity index (χ0v) is 21.3. The smallest absolute Gasteiger partial charge is 0.264 e. The zero-order valence-electron chi connectivity index (χ0n) is 20.5. The van der Waals surface area contributed by atoms with Gasteiger partial charge in [-0.05, 0) is 74.8 Å². The van der Waals surface area contributed by atoms with Gasteiger partial charge in [0.15, 0.2) is 0 Å². The summed E-state index contributed by atoms with van der Waals surface area (Å²) in [6, 6.07) is 18.1. The summed E-state index contributed by atoms with van der Waals surface area (Å²) in [5.41, 5.74) is 4.42. The molecule has 0 spiro atoms. The zero-order chi connectivity index (χ0) is 25.0. The van der Waals surface area contributed by atoms with E-state index in [-0.39, 0.29) is 17.3 Å². The Bertz CT molecular complexity index is 1280. The summed E-state index contributed by atoms with van der Waals surface area (Å²) in [4.78, 5) is 21.7. The van der Waals surface area contributed by atoms with Crippen LogP contribution in [0.5, 0.6) is 0 Å². The Balaban J connectivity index is 1.67. The van der Waals surface area contributed by atoms with E-state index >= 15 is 0 Å². The molecule has 0 saturated heterocycles. The van der Waals surface area contributed by atoms with Gasteiger partial charge in [0, 0.05) is 25.8 Å². The predicted octanol–water partition coefficient (Wildman–Crippen LogP) is 3.62. The first-order chi connectivity index (χ1) is 16.8. The van der Waals surface area contributed by atoms with Gasteiger partial charge in [-0.25, -0.2) is 8.42 Å². The van der Waals surface area contributed by atoms with Crippen LogP contribution in [0.3, 0.4) is 0 Å². The van der Waals surface area contributed by atoms with E-state index < -0.39 is 10.0 Å². The number of fused-ring (bicyclic) bond motifs is 1. The van der Waals surface area contributed by atoms with Gasteiger partial charge >= 0.3 is 0 Å². The van der Waals surface area contributed by atoms with Crippen molar-refractivity contribution >= 4 is 21.6 Å². The molecule has 0 aliphatic carbocycles. The molecule has 7 nitrogen and oxygen atoms in total. The first-order valence-corrected chi connectivity index (χ1v) is 13.3. The highest BCUT2D eigenvalue weighted by Crippen LogP contribution is 2.28. The van der Waals surface area contributed by atoms with Crippen molar-refractivity contribution in [3.05, 3.63) is 89.2 Å². The van der Waals surface area contributed by atoms with Crippen molar-refractivity contribution in [2.45, 2.75) is 38.3 Å². The predicted molar refractivity (Wildman–Crippen MR) is 138 cm³/mol. The second-order valence-corrected chi connectivity index (χ2v) is 10.9. The largest absolute Gasteiger partial charge is 0.336 e. The van der Waals surface area contributed by atoms with E-state index in [9.17, 15) is 13.2 Å². The maximum absolute atomic E-state index is 13.9. The minimum atomic E-state index is -3.98. The second kappa shape index (κ2) is 10.6. The van der Waals surface area contributed by atoms with Crippen LogP contribution in [0.15, 0.2) is 71.8 Å². The van der Waals surface area contributed by atoms with E-state index in [1.54, 1.807) is 35.4 Å². The van der Waals surface area contributed by atoms with Gasteiger partial charge in [0.1, 0.15) is 6.54 Å². The number of nitrogens with zero attached hydrogens (tertiary/aromatic N) is 4. The molecule has 35 heavy (non-hydrogen) atoms. The summed E-state index contributed by atoms with van der Waals surface area (Å²) in [5, 5.41) is 0. The first kappa shape index (κ1) is 24.9. The van der Waals surface area contributed by atoms with Gasteiger partial charge in [-0.2, -0.15) is 0 Å². The number of aryl methyl sites for hydroxylation is 1. The summed E-state index contributed by atoms with van der Waals surface area (Å²) in [5.74, 6) is -0.278. The molecule has 4 rings (SSSR count). The van der Waals surface area contributed by atoms with Crippen molar-refractivity contribution in [1.29, 1.82) is 0 Å². The average Bonchev–Trinajstić information content (AvgIpc) is 2.86. The Labute approximate surface area is 208 Å². The van der Waals surface area contributed by atoms with Gasteiger partial charge in [0.2, 0.25) is 5.91 Å². The Morgan fingerprint density at radius 3 is 2.51 bits per heavy atom. The highest BCUT2D eigenvalue weighted by atomic mass is 32.2. The number of sulfonamides is 1. The first-order valence-electron chi connectivity index (χ1n) is 11.9. The lowest BCUT2D eigenvalue weighted by Gasteiger charge is -2.29. The molecule has 1 aliphatic rings. The lowest BCUT2D eigenvalue weighted by atomic mass is 10.0. The SMILES string of the molecule is CCN(Cc1ccccn1)C(=O)CN(c1ccc(C)cc1)S(=O)(=O)c1ccc2c(c1)CN(C)CC2. The van der Waals surface area contributed by atoms with Gasteiger partial charge in [-0.15, -0.1) is 0 Å². The number of hydrogen-bond donors (Lipinski definition) is 0. The van der Waals surface area contributed by atoms with Crippen LogP contribution in [0, 0.1) is 6.92 Å². The summed E-state index contributed by atoms with van der Waals surface area (Å²) >= 11 is 0. The molecule has 3 aromatic rings. The van der Waals surface area contributed by atoms with Crippen LogP contribution in [0.1, 0.15) is 29.3 Å². The van der Waals surface area contributed by atoms with E-state index in [4.69, 9.17) is 0 Å². The highest BCUT2D eigenvalue weighted by Gasteiger charge is 2.30. The fourth-order valence-electron chi connectivity index (χ4n) is 4.27. The number of pyridine rings is 1. The normalized spacial score (nSPS) is 13.8.